The van der Waals surface area contributed by atoms with Crippen LogP contribution in [0.3, 0.4) is 0 Å². The van der Waals surface area contributed by atoms with Crippen LogP contribution in [-0.4, -0.2) is 17.1 Å². The molecule has 0 radical (unpaired) electrons. The minimum Gasteiger partial charge on any atom is -0.119 e. The van der Waals surface area contributed by atoms with Crippen LogP contribution in [0, 0.1) is 4.91 Å². The van der Waals surface area contributed by atoms with Gasteiger partial charge in [-0.2, -0.15) is 0 Å². The van der Waals surface area contributed by atoms with Crippen molar-refractivity contribution in [1.82, 2.24) is 0 Å². The highest BCUT2D eigenvalue weighted by Crippen LogP contribution is 2.31. The van der Waals surface area contributed by atoms with Crippen LogP contribution in [0.5, 0.6) is 0 Å². The van der Waals surface area contributed by atoms with Gasteiger partial charge in [0.05, 0.1) is 4.90 Å². The van der Waals surface area contributed by atoms with E-state index < -0.39 is 0 Å². The lowest BCUT2D eigenvalue weighted by Crippen LogP contribution is -2.01. The Morgan fingerprint density at radius 2 is 2.17 bits per heavy atom. The van der Waals surface area contributed by atoms with E-state index in [0.717, 1.165) is 27.5 Å². The molecule has 1 aromatic carbocycles. The highest BCUT2D eigenvalue weighted by Gasteiger charge is 2.21. The van der Waals surface area contributed by atoms with E-state index in [2.05, 4.69) is 0 Å². The second-order valence-corrected chi connectivity index (χ2v) is 3.91. The highest BCUT2D eigenvalue weighted by molar-refractivity contribution is 7.99. The number of fused-ring (bicyclic) bond motifs is 1. The molecule has 0 aromatic heterocycles. The lowest BCUT2D eigenvalue weighted by molar-refractivity contribution is -0.464. The van der Waals surface area contributed by atoms with Crippen LogP contribution < -0.4 is 0 Å². The first kappa shape index (κ1) is 7.80. The number of para-hydroxylation sites is 1. The first-order chi connectivity index (χ1) is 5.88. The number of nitroso groups, excluding NO2 is 1. The average molecular weight is 180 g/mol. The van der Waals surface area contributed by atoms with E-state index in [1.165, 1.54) is 0 Å². The fraction of sp³-hybridized carbons (Fsp3) is 0.333. The van der Waals surface area contributed by atoms with Gasteiger partial charge in [0.2, 0.25) is 0 Å². The Morgan fingerprint density at radius 3 is 3.08 bits per heavy atom. The number of nitrogens with zero attached hydrogens (tertiary/aromatic N) is 1. The van der Waals surface area contributed by atoms with E-state index >= 15 is 0 Å². The number of thioether (sulfide) groups is 1. The summed E-state index contributed by atoms with van der Waals surface area (Å²) in [5.41, 5.74) is 0.833. The molecule has 1 aliphatic heterocycles. The van der Waals surface area contributed by atoms with Crippen LogP contribution in [-0.2, 0) is 0 Å². The minimum atomic E-state index is 0.629. The van der Waals surface area contributed by atoms with Crippen molar-refractivity contribution in [2.45, 2.75) is 11.3 Å². The maximum atomic E-state index is 11.4. The van der Waals surface area contributed by atoms with Gasteiger partial charge in [-0.25, -0.2) is 0 Å². The van der Waals surface area contributed by atoms with Gasteiger partial charge in [-0.05, 0) is 6.07 Å². The van der Waals surface area contributed by atoms with E-state index in [0.29, 0.717) is 6.54 Å². The summed E-state index contributed by atoms with van der Waals surface area (Å²) in [6, 6.07) is 7.79. The van der Waals surface area contributed by atoms with Gasteiger partial charge in [-0.1, -0.05) is 12.1 Å². The Morgan fingerprint density at radius 1 is 1.33 bits per heavy atom. The molecule has 12 heavy (non-hydrogen) atoms. The summed E-state index contributed by atoms with van der Waals surface area (Å²) >= 11 is 1.77. The summed E-state index contributed by atoms with van der Waals surface area (Å²) in [5, 5.41) is 0. The number of benzene rings is 1. The van der Waals surface area contributed by atoms with E-state index in [1.54, 1.807) is 11.8 Å². The summed E-state index contributed by atoms with van der Waals surface area (Å²) in [6.45, 7) is 0.629. The van der Waals surface area contributed by atoms with Gasteiger partial charge in [0, 0.05) is 27.9 Å². The Kier molecular flexibility index (Phi) is 2.13. The van der Waals surface area contributed by atoms with Crippen LogP contribution in [0.1, 0.15) is 6.42 Å². The van der Waals surface area contributed by atoms with Crippen molar-refractivity contribution in [1.29, 1.82) is 0 Å². The van der Waals surface area contributed by atoms with Crippen molar-refractivity contribution in [3.05, 3.63) is 29.2 Å². The van der Waals surface area contributed by atoms with Gasteiger partial charge in [0.1, 0.15) is 0 Å². The molecule has 1 aliphatic rings. The molecule has 1 heterocycles. The Bertz CT molecular complexity index is 311. The zero-order valence-corrected chi connectivity index (χ0v) is 7.51. The van der Waals surface area contributed by atoms with E-state index in [1.807, 2.05) is 24.3 Å². The number of hydrogen-bond acceptors (Lipinski definition) is 2. The Balaban J connectivity index is 2.46. The van der Waals surface area contributed by atoms with Gasteiger partial charge < -0.3 is 0 Å². The van der Waals surface area contributed by atoms with Gasteiger partial charge >= 0.3 is 0 Å². The second-order valence-electron chi connectivity index (χ2n) is 2.77. The minimum absolute atomic E-state index is 0.629. The maximum Gasteiger partial charge on any atom is 0.269 e. The maximum absolute atomic E-state index is 11.4. The third-order valence-corrected chi connectivity index (χ3v) is 3.05. The fourth-order valence-corrected chi connectivity index (χ4v) is 2.28. The third-order valence-electron chi connectivity index (χ3n) is 1.90. The monoisotopic (exact) mass is 180 g/mol. The van der Waals surface area contributed by atoms with Crippen molar-refractivity contribution in [3.8, 4) is 0 Å². The van der Waals surface area contributed by atoms with Crippen LogP contribution in [0.2, 0.25) is 0 Å². The quantitative estimate of drug-likeness (QED) is 0.572. The zero-order valence-electron chi connectivity index (χ0n) is 6.69. The van der Waals surface area contributed by atoms with E-state index in [4.69, 9.17) is 0 Å². The summed E-state index contributed by atoms with van der Waals surface area (Å²) in [4.78, 5) is 12.5. The molecule has 0 amide bonds. The van der Waals surface area contributed by atoms with Crippen LogP contribution >= 0.6 is 11.8 Å². The van der Waals surface area contributed by atoms with E-state index in [-0.39, 0.29) is 0 Å². The smallest absolute Gasteiger partial charge is 0.119 e. The standard InChI is InChI=1S/C9H10NOS/c11-10-6-3-7-12-9-5-2-1-4-8(9)10/h1-2,4-5H,3,6-7H2/q+1. The van der Waals surface area contributed by atoms with Crippen LogP contribution in [0.15, 0.2) is 29.2 Å². The molecular formula is C9H10NOS+. The van der Waals surface area contributed by atoms with Crippen molar-refractivity contribution < 1.29 is 4.76 Å². The van der Waals surface area contributed by atoms with Crippen LogP contribution in [0.4, 0.5) is 5.69 Å². The summed E-state index contributed by atoms with van der Waals surface area (Å²) < 4.78 is 1.09. The summed E-state index contributed by atoms with van der Waals surface area (Å²) in [6.07, 6.45) is 0.975. The SMILES string of the molecule is O=[N+]1CCCSc2ccccc21. The molecule has 0 N–H and O–H groups in total. The first-order valence-corrected chi connectivity index (χ1v) is 5.03. The average Bonchev–Trinajstić information content (AvgIpc) is 2.29. The molecule has 0 saturated carbocycles. The molecule has 0 fully saturated rings. The normalized spacial score (nSPS) is 16.8. The molecule has 2 nitrogen and oxygen atoms in total. The van der Waals surface area contributed by atoms with Crippen LogP contribution in [0.25, 0.3) is 0 Å². The molecule has 62 valence electrons. The molecular weight excluding hydrogens is 170 g/mol. The van der Waals surface area contributed by atoms with Crippen molar-refractivity contribution in [2.75, 3.05) is 12.3 Å². The molecule has 2 rings (SSSR count). The third kappa shape index (κ3) is 1.37. The second kappa shape index (κ2) is 3.27. The molecule has 0 bridgehead atoms. The lowest BCUT2D eigenvalue weighted by atomic mass is 10.3. The fourth-order valence-electron chi connectivity index (χ4n) is 1.30. The molecule has 3 heteroatoms. The Hall–Kier alpha value is -0.830. The lowest BCUT2D eigenvalue weighted by Gasteiger charge is -1.94. The summed E-state index contributed by atoms with van der Waals surface area (Å²) in [7, 11) is 0. The van der Waals surface area contributed by atoms with Crippen molar-refractivity contribution in [2.24, 2.45) is 0 Å². The van der Waals surface area contributed by atoms with Gasteiger partial charge in [0.15, 0.2) is 6.54 Å². The highest BCUT2D eigenvalue weighted by atomic mass is 32.2. The number of rotatable bonds is 0. The Labute approximate surface area is 75.5 Å². The van der Waals surface area contributed by atoms with Gasteiger partial charge in [-0.3, -0.25) is 0 Å². The first-order valence-electron chi connectivity index (χ1n) is 4.04. The molecule has 0 saturated heterocycles. The predicted octanol–water partition coefficient (Wildman–Crippen LogP) is 2.59. The van der Waals surface area contributed by atoms with Gasteiger partial charge in [0.25, 0.3) is 5.69 Å². The van der Waals surface area contributed by atoms with Gasteiger partial charge in [-0.15, -0.1) is 11.8 Å². The van der Waals surface area contributed by atoms with Crippen molar-refractivity contribution >= 4 is 17.4 Å². The summed E-state index contributed by atoms with van der Waals surface area (Å²) in [5.74, 6) is 1.05. The molecule has 0 unspecified atom stereocenters. The molecule has 0 atom stereocenters. The largest absolute Gasteiger partial charge is 0.269 e. The molecule has 1 aromatic rings. The number of hydrogen-bond donors (Lipinski definition) is 0. The molecule has 0 spiro atoms. The molecule has 0 aliphatic carbocycles. The van der Waals surface area contributed by atoms with Crippen molar-refractivity contribution in [3.63, 3.8) is 0 Å². The van der Waals surface area contributed by atoms with E-state index in [9.17, 15) is 4.91 Å². The predicted molar refractivity (Wildman–Crippen MR) is 49.9 cm³/mol. The topological polar surface area (TPSA) is 20.1 Å². The zero-order chi connectivity index (χ0) is 8.39.